The monoisotopic (exact) mass is 307 g/mol. The summed E-state index contributed by atoms with van der Waals surface area (Å²) >= 11 is 1.70. The molecular formula is C17H25NO2S. The maximum absolute atomic E-state index is 13.1. The lowest BCUT2D eigenvalue weighted by Gasteiger charge is -2.42. The van der Waals surface area contributed by atoms with E-state index in [-0.39, 0.29) is 5.78 Å². The molecule has 3 nitrogen and oxygen atoms in total. The summed E-state index contributed by atoms with van der Waals surface area (Å²) in [4.78, 5) is 16.6. The normalized spacial score (nSPS) is 19.2. The van der Waals surface area contributed by atoms with E-state index >= 15 is 0 Å². The minimum absolute atomic E-state index is 0.235. The van der Waals surface area contributed by atoms with Crippen molar-refractivity contribution in [2.45, 2.75) is 37.1 Å². The third-order valence-corrected chi connectivity index (χ3v) is 5.03. The average Bonchev–Trinajstić information content (AvgIpc) is 2.55. The van der Waals surface area contributed by atoms with Crippen LogP contribution in [0.2, 0.25) is 0 Å². The highest BCUT2D eigenvalue weighted by molar-refractivity contribution is 7.98. The zero-order valence-corrected chi connectivity index (χ0v) is 14.0. The molecule has 0 spiro atoms. The fourth-order valence-corrected chi connectivity index (χ4v) is 3.42. The van der Waals surface area contributed by atoms with Gasteiger partial charge in [0.2, 0.25) is 0 Å². The number of benzene rings is 1. The van der Waals surface area contributed by atoms with E-state index < -0.39 is 5.54 Å². The van der Waals surface area contributed by atoms with E-state index in [0.717, 1.165) is 44.7 Å². The molecule has 2 rings (SSSR count). The maximum Gasteiger partial charge on any atom is 0.182 e. The number of carbonyl (C=O) groups is 1. The Labute approximate surface area is 132 Å². The fourth-order valence-electron chi connectivity index (χ4n) is 3.01. The maximum atomic E-state index is 13.1. The first kappa shape index (κ1) is 16.5. The van der Waals surface area contributed by atoms with E-state index in [9.17, 15) is 4.79 Å². The van der Waals surface area contributed by atoms with Crippen molar-refractivity contribution in [3.63, 3.8) is 0 Å². The van der Waals surface area contributed by atoms with Gasteiger partial charge in [0.15, 0.2) is 5.78 Å². The van der Waals surface area contributed by atoms with Crippen molar-refractivity contribution in [2.75, 3.05) is 32.6 Å². The summed E-state index contributed by atoms with van der Waals surface area (Å²) in [5.41, 5.74) is 0.398. The van der Waals surface area contributed by atoms with E-state index in [1.165, 1.54) is 4.90 Å². The van der Waals surface area contributed by atoms with Crippen LogP contribution >= 0.6 is 11.8 Å². The molecule has 0 aliphatic carbocycles. The zero-order chi connectivity index (χ0) is 15.3. The zero-order valence-electron chi connectivity index (χ0n) is 13.2. The lowest BCUT2D eigenvalue weighted by molar-refractivity contribution is -0.0122. The van der Waals surface area contributed by atoms with Crippen LogP contribution in [0.4, 0.5) is 0 Å². The summed E-state index contributed by atoms with van der Waals surface area (Å²) in [5.74, 6) is 0.235. The molecule has 21 heavy (non-hydrogen) atoms. The average molecular weight is 307 g/mol. The van der Waals surface area contributed by atoms with Gasteiger partial charge in [-0.25, -0.2) is 0 Å². The fraction of sp³-hybridized carbons (Fsp3) is 0.588. The Kier molecular flexibility index (Phi) is 5.85. The Hall–Kier alpha value is -0.840. The van der Waals surface area contributed by atoms with Crippen LogP contribution in [-0.2, 0) is 4.74 Å². The van der Waals surface area contributed by atoms with Crippen molar-refractivity contribution < 1.29 is 9.53 Å². The summed E-state index contributed by atoms with van der Waals surface area (Å²) in [6.07, 6.45) is 3.93. The second-order valence-electron chi connectivity index (χ2n) is 5.68. The van der Waals surface area contributed by atoms with Gasteiger partial charge >= 0.3 is 0 Å². The molecule has 1 unspecified atom stereocenters. The second kappa shape index (κ2) is 7.43. The third-order valence-electron chi connectivity index (χ3n) is 4.29. The molecule has 0 N–H and O–H groups in total. The van der Waals surface area contributed by atoms with E-state index in [2.05, 4.69) is 18.7 Å². The quantitative estimate of drug-likeness (QED) is 0.594. The SMILES string of the molecule is CCCC(C)(C(=O)c1ccc(SC)cc1)N1CCOCC1. The number of nitrogens with zero attached hydrogens (tertiary/aromatic N) is 1. The van der Waals surface area contributed by atoms with Crippen LogP contribution in [0.15, 0.2) is 29.2 Å². The first-order valence-corrected chi connectivity index (χ1v) is 8.86. The van der Waals surface area contributed by atoms with Gasteiger partial charge in [-0.1, -0.05) is 25.5 Å². The van der Waals surface area contributed by atoms with E-state index in [1.807, 2.05) is 30.5 Å². The highest BCUT2D eigenvalue weighted by Gasteiger charge is 2.39. The third kappa shape index (κ3) is 3.68. The van der Waals surface area contributed by atoms with E-state index in [4.69, 9.17) is 4.74 Å². The summed E-state index contributed by atoms with van der Waals surface area (Å²) in [6, 6.07) is 7.98. The number of morpholine rings is 1. The molecule has 1 fully saturated rings. The number of hydrogen-bond acceptors (Lipinski definition) is 4. The summed E-state index contributed by atoms with van der Waals surface area (Å²) in [6.45, 7) is 7.35. The van der Waals surface area contributed by atoms with Crippen LogP contribution in [-0.4, -0.2) is 48.8 Å². The van der Waals surface area contributed by atoms with Gasteiger partial charge in [0.25, 0.3) is 0 Å². The van der Waals surface area contributed by atoms with Crippen molar-refractivity contribution >= 4 is 17.5 Å². The van der Waals surface area contributed by atoms with Gasteiger partial charge in [-0.15, -0.1) is 11.8 Å². The smallest absolute Gasteiger partial charge is 0.182 e. The molecule has 4 heteroatoms. The Morgan fingerprint density at radius 3 is 2.43 bits per heavy atom. The van der Waals surface area contributed by atoms with Gasteiger partial charge in [-0.3, -0.25) is 9.69 Å². The van der Waals surface area contributed by atoms with Crippen molar-refractivity contribution in [3.05, 3.63) is 29.8 Å². The van der Waals surface area contributed by atoms with Crippen LogP contribution in [0.3, 0.4) is 0 Å². The summed E-state index contributed by atoms with van der Waals surface area (Å²) < 4.78 is 5.43. The highest BCUT2D eigenvalue weighted by Crippen LogP contribution is 2.28. The predicted octanol–water partition coefficient (Wildman–Crippen LogP) is 3.48. The van der Waals surface area contributed by atoms with Crippen molar-refractivity contribution in [1.29, 1.82) is 0 Å². The molecule has 1 atom stereocenters. The first-order chi connectivity index (χ1) is 10.1. The van der Waals surface area contributed by atoms with Gasteiger partial charge in [-0.05, 0) is 31.7 Å². The van der Waals surface area contributed by atoms with E-state index in [1.54, 1.807) is 11.8 Å². The number of Topliss-reactive ketones (excluding diaryl/α,β-unsaturated/α-hetero) is 1. The van der Waals surface area contributed by atoms with Crippen LogP contribution in [0.25, 0.3) is 0 Å². The Balaban J connectivity index is 2.24. The van der Waals surface area contributed by atoms with Gasteiger partial charge in [0, 0.05) is 23.5 Å². The molecule has 0 radical (unpaired) electrons. The standard InChI is InChI=1S/C17H25NO2S/c1-4-9-17(2,18-10-12-20-13-11-18)16(19)14-5-7-15(21-3)8-6-14/h5-8H,4,9-13H2,1-3H3. The number of hydrogen-bond donors (Lipinski definition) is 0. The molecule has 1 aromatic carbocycles. The Morgan fingerprint density at radius 1 is 1.29 bits per heavy atom. The summed E-state index contributed by atoms with van der Waals surface area (Å²) in [7, 11) is 0. The topological polar surface area (TPSA) is 29.5 Å². The molecule has 0 aromatic heterocycles. The van der Waals surface area contributed by atoms with Crippen LogP contribution < -0.4 is 0 Å². The van der Waals surface area contributed by atoms with Gasteiger partial charge in [0.05, 0.1) is 18.8 Å². The Bertz CT molecular complexity index is 468. The van der Waals surface area contributed by atoms with Gasteiger partial charge in [-0.2, -0.15) is 0 Å². The minimum atomic E-state index is -0.417. The number of ketones is 1. The van der Waals surface area contributed by atoms with E-state index in [0.29, 0.717) is 0 Å². The summed E-state index contributed by atoms with van der Waals surface area (Å²) in [5, 5.41) is 0. The van der Waals surface area contributed by atoms with Gasteiger partial charge in [0.1, 0.15) is 0 Å². The highest BCUT2D eigenvalue weighted by atomic mass is 32.2. The molecule has 116 valence electrons. The van der Waals surface area contributed by atoms with Crippen LogP contribution in [0.1, 0.15) is 37.0 Å². The van der Waals surface area contributed by atoms with Crippen molar-refractivity contribution in [1.82, 2.24) is 4.90 Å². The molecule has 1 saturated heterocycles. The second-order valence-corrected chi connectivity index (χ2v) is 6.56. The molecule has 1 heterocycles. The molecule has 1 aliphatic heterocycles. The lowest BCUT2D eigenvalue weighted by atomic mass is 9.85. The van der Waals surface area contributed by atoms with Crippen LogP contribution in [0.5, 0.6) is 0 Å². The molecular weight excluding hydrogens is 282 g/mol. The largest absolute Gasteiger partial charge is 0.379 e. The Morgan fingerprint density at radius 2 is 1.90 bits per heavy atom. The van der Waals surface area contributed by atoms with Gasteiger partial charge < -0.3 is 4.74 Å². The number of thioether (sulfide) groups is 1. The number of ether oxygens (including phenoxy) is 1. The molecule has 0 bridgehead atoms. The molecule has 1 aromatic rings. The molecule has 0 amide bonds. The number of rotatable bonds is 6. The van der Waals surface area contributed by atoms with Crippen LogP contribution in [0, 0.1) is 0 Å². The molecule has 0 saturated carbocycles. The van der Waals surface area contributed by atoms with Crippen molar-refractivity contribution in [2.24, 2.45) is 0 Å². The van der Waals surface area contributed by atoms with Crippen molar-refractivity contribution in [3.8, 4) is 0 Å². The minimum Gasteiger partial charge on any atom is -0.379 e. The first-order valence-electron chi connectivity index (χ1n) is 7.63. The lowest BCUT2D eigenvalue weighted by Crippen LogP contribution is -2.56. The number of carbonyl (C=O) groups excluding carboxylic acids is 1. The molecule has 1 aliphatic rings. The predicted molar refractivity (Wildman–Crippen MR) is 88.3 cm³/mol.